The molecule has 0 saturated carbocycles. The van der Waals surface area contributed by atoms with E-state index in [9.17, 15) is 30.8 Å². The van der Waals surface area contributed by atoms with E-state index in [-0.39, 0.29) is 30.3 Å². The minimum atomic E-state index is -4.55. The van der Waals surface area contributed by atoms with Crippen molar-refractivity contribution in [1.29, 1.82) is 0 Å². The topological polar surface area (TPSA) is 88.2 Å². The molecule has 1 unspecified atom stereocenters. The first-order valence-corrected chi connectivity index (χ1v) is 12.5. The Hall–Kier alpha value is -2.95. The third-order valence-electron chi connectivity index (χ3n) is 4.99. The molecule has 0 saturated heterocycles. The van der Waals surface area contributed by atoms with E-state index in [1.54, 1.807) is 0 Å². The second-order valence-electron chi connectivity index (χ2n) is 8.01. The molecule has 1 atom stereocenters. The van der Waals surface area contributed by atoms with Gasteiger partial charge in [0.15, 0.2) is 0 Å². The van der Waals surface area contributed by atoms with Gasteiger partial charge in [-0.3, -0.25) is 9.52 Å². The van der Waals surface area contributed by atoms with E-state index in [2.05, 4.69) is 15.0 Å². The summed E-state index contributed by atoms with van der Waals surface area (Å²) in [4.78, 5) is 15.9. The van der Waals surface area contributed by atoms with Crippen LogP contribution in [0.3, 0.4) is 0 Å². The molecule has 186 valence electrons. The van der Waals surface area contributed by atoms with Crippen molar-refractivity contribution in [1.82, 2.24) is 10.3 Å². The Morgan fingerprint density at radius 1 is 1.21 bits per heavy atom. The Bertz CT molecular complexity index is 1150. The van der Waals surface area contributed by atoms with Crippen molar-refractivity contribution in [3.05, 3.63) is 64.7 Å². The number of hydrogen-bond acceptors (Lipinski definition) is 4. The van der Waals surface area contributed by atoms with Gasteiger partial charge in [-0.25, -0.2) is 17.8 Å². The molecule has 1 amide bonds. The van der Waals surface area contributed by atoms with Crippen LogP contribution in [-0.4, -0.2) is 32.1 Å². The van der Waals surface area contributed by atoms with Crippen LogP contribution in [0.2, 0.25) is 0 Å². The highest BCUT2D eigenvalue weighted by atomic mass is 32.2. The van der Waals surface area contributed by atoms with Gasteiger partial charge in [0.05, 0.1) is 11.9 Å². The van der Waals surface area contributed by atoms with Crippen molar-refractivity contribution in [3.8, 4) is 0 Å². The number of pyridine rings is 1. The maximum Gasteiger partial charge on any atom is 0.433 e. The fraction of sp³-hybridized carbons (Fsp3) is 0.391. The monoisotopic (exact) mass is 501 g/mol. The molecular weight excluding hydrogens is 474 g/mol. The molecule has 0 bridgehead atoms. The zero-order valence-electron chi connectivity index (χ0n) is 19.0. The highest BCUT2D eigenvalue weighted by Crippen LogP contribution is 2.29. The number of hydrogen-bond donors (Lipinski definition) is 2. The summed E-state index contributed by atoms with van der Waals surface area (Å²) in [5.41, 5.74) is 0.101. The summed E-state index contributed by atoms with van der Waals surface area (Å²) < 4.78 is 77.6. The number of alkyl halides is 3. The number of carbonyl (C=O) groups is 1. The third-order valence-corrected chi connectivity index (χ3v) is 5.59. The van der Waals surface area contributed by atoms with Gasteiger partial charge in [0, 0.05) is 18.3 Å². The predicted octanol–water partition coefficient (Wildman–Crippen LogP) is 4.57. The third kappa shape index (κ3) is 8.77. The first kappa shape index (κ1) is 27.3. The van der Waals surface area contributed by atoms with E-state index < -0.39 is 33.6 Å². The van der Waals surface area contributed by atoms with Crippen LogP contribution < -0.4 is 10.0 Å². The van der Waals surface area contributed by atoms with Crippen LogP contribution in [-0.2, 0) is 33.8 Å². The van der Waals surface area contributed by atoms with Crippen LogP contribution >= 0.6 is 0 Å². The molecule has 0 aliphatic heterocycles. The van der Waals surface area contributed by atoms with E-state index in [1.165, 1.54) is 36.4 Å². The van der Waals surface area contributed by atoms with Crippen molar-refractivity contribution in [2.24, 2.45) is 5.92 Å². The number of rotatable bonds is 10. The van der Waals surface area contributed by atoms with Crippen molar-refractivity contribution in [2.75, 3.05) is 17.5 Å². The van der Waals surface area contributed by atoms with Crippen LogP contribution in [0.4, 0.5) is 23.2 Å². The average Bonchev–Trinajstić information content (AvgIpc) is 2.73. The van der Waals surface area contributed by atoms with Crippen LogP contribution in [0.1, 0.15) is 42.8 Å². The molecule has 2 N–H and O–H groups in total. The molecule has 1 aromatic heterocycles. The zero-order valence-corrected chi connectivity index (χ0v) is 19.9. The summed E-state index contributed by atoms with van der Waals surface area (Å²) in [7, 11) is -3.61. The second-order valence-corrected chi connectivity index (χ2v) is 9.76. The van der Waals surface area contributed by atoms with E-state index >= 15 is 0 Å². The Morgan fingerprint density at radius 3 is 2.50 bits per heavy atom. The Labute approximate surface area is 196 Å². The summed E-state index contributed by atoms with van der Waals surface area (Å²) in [5.74, 6) is -1.08. The van der Waals surface area contributed by atoms with Crippen LogP contribution in [0.25, 0.3) is 6.08 Å². The number of carbonyl (C=O) groups excluding carboxylic acids is 1. The van der Waals surface area contributed by atoms with Crippen LogP contribution in [0.15, 0.2) is 36.4 Å². The van der Waals surface area contributed by atoms with Gasteiger partial charge in [-0.1, -0.05) is 32.4 Å². The number of aromatic nitrogens is 1. The van der Waals surface area contributed by atoms with Gasteiger partial charge < -0.3 is 5.32 Å². The summed E-state index contributed by atoms with van der Waals surface area (Å²) in [5, 5.41) is 2.62. The fourth-order valence-corrected chi connectivity index (χ4v) is 3.58. The number of amides is 1. The molecule has 0 radical (unpaired) electrons. The number of halogens is 4. The fourth-order valence-electron chi connectivity index (χ4n) is 3.01. The lowest BCUT2D eigenvalue weighted by Crippen LogP contribution is -2.23. The highest BCUT2D eigenvalue weighted by Gasteiger charge is 2.33. The van der Waals surface area contributed by atoms with Crippen molar-refractivity contribution >= 4 is 27.7 Å². The second kappa shape index (κ2) is 11.5. The van der Waals surface area contributed by atoms with Gasteiger partial charge in [0.25, 0.3) is 0 Å². The van der Waals surface area contributed by atoms with Gasteiger partial charge in [-0.05, 0) is 54.2 Å². The SMILES string of the molecule is CCC(C)Cc1nc(C(F)(F)F)ccc1C=CC(=O)NCCc1ccc(NS(C)(=O)=O)c(F)c1. The van der Waals surface area contributed by atoms with Gasteiger partial charge in [0.1, 0.15) is 11.5 Å². The molecule has 1 aromatic carbocycles. The quantitative estimate of drug-likeness (QED) is 0.369. The lowest BCUT2D eigenvalue weighted by molar-refractivity contribution is -0.141. The molecule has 2 aromatic rings. The summed E-state index contributed by atoms with van der Waals surface area (Å²) >= 11 is 0. The number of nitrogens with one attached hydrogen (secondary N) is 2. The molecular formula is C23H27F4N3O3S. The molecule has 0 aliphatic carbocycles. The Kier molecular flexibility index (Phi) is 9.20. The van der Waals surface area contributed by atoms with Gasteiger partial charge in [-0.2, -0.15) is 13.2 Å². The van der Waals surface area contributed by atoms with Crippen molar-refractivity contribution in [2.45, 2.75) is 39.3 Å². The van der Waals surface area contributed by atoms with Crippen molar-refractivity contribution in [3.63, 3.8) is 0 Å². The Balaban J connectivity index is 2.01. The molecule has 6 nitrogen and oxygen atoms in total. The molecule has 0 aliphatic rings. The summed E-state index contributed by atoms with van der Waals surface area (Å²) in [6.07, 6.45) is 0.400. The predicted molar refractivity (Wildman–Crippen MR) is 123 cm³/mol. The van der Waals surface area contributed by atoms with Gasteiger partial charge in [0.2, 0.25) is 15.9 Å². The van der Waals surface area contributed by atoms with Gasteiger partial charge >= 0.3 is 6.18 Å². The first-order chi connectivity index (χ1) is 15.8. The normalized spacial score (nSPS) is 13.1. The van der Waals surface area contributed by atoms with Crippen LogP contribution in [0, 0.1) is 11.7 Å². The molecule has 34 heavy (non-hydrogen) atoms. The molecule has 1 heterocycles. The standard InChI is InChI=1S/C23H27F4N3O3S/c1-4-15(2)13-20-17(6-9-21(29-20)23(25,26)27)7-10-22(31)28-12-11-16-5-8-19(18(24)14-16)30-34(3,32)33/h5-10,14-15,30H,4,11-13H2,1-3H3,(H,28,31). The minimum absolute atomic E-state index is 0.122. The highest BCUT2D eigenvalue weighted by molar-refractivity contribution is 7.92. The van der Waals surface area contributed by atoms with Gasteiger partial charge in [-0.15, -0.1) is 0 Å². The van der Waals surface area contributed by atoms with Crippen LogP contribution in [0.5, 0.6) is 0 Å². The molecule has 11 heteroatoms. The van der Waals surface area contributed by atoms with E-state index in [1.807, 2.05) is 13.8 Å². The average molecular weight is 502 g/mol. The summed E-state index contributed by atoms with van der Waals surface area (Å²) in [6, 6.07) is 6.18. The van der Waals surface area contributed by atoms with Crippen molar-refractivity contribution < 1.29 is 30.8 Å². The smallest absolute Gasteiger partial charge is 0.352 e. The lowest BCUT2D eigenvalue weighted by Gasteiger charge is -2.13. The maximum absolute atomic E-state index is 14.0. The van der Waals surface area contributed by atoms with E-state index in [0.29, 0.717) is 17.5 Å². The maximum atomic E-state index is 14.0. The van der Waals surface area contributed by atoms with E-state index in [4.69, 9.17) is 0 Å². The molecule has 2 rings (SSSR count). The molecule has 0 spiro atoms. The largest absolute Gasteiger partial charge is 0.433 e. The first-order valence-electron chi connectivity index (χ1n) is 10.6. The lowest BCUT2D eigenvalue weighted by atomic mass is 9.99. The minimum Gasteiger partial charge on any atom is -0.352 e. The number of benzene rings is 1. The van der Waals surface area contributed by atoms with E-state index in [0.717, 1.165) is 18.7 Å². The Morgan fingerprint density at radius 2 is 1.91 bits per heavy atom. The summed E-state index contributed by atoms with van der Waals surface area (Å²) in [6.45, 7) is 4.02. The number of sulfonamides is 1. The zero-order chi connectivity index (χ0) is 25.5. The number of nitrogens with zero attached hydrogens (tertiary/aromatic N) is 1. The number of anilines is 1. The molecule has 0 fully saturated rings.